The van der Waals surface area contributed by atoms with Crippen molar-refractivity contribution in [3.8, 4) is 0 Å². The monoisotopic (exact) mass is 207 g/mol. The summed E-state index contributed by atoms with van der Waals surface area (Å²) in [5.41, 5.74) is 3.95. The van der Waals surface area contributed by atoms with E-state index in [1.165, 1.54) is 7.11 Å². The number of rotatable bonds is 2. The van der Waals surface area contributed by atoms with Crippen molar-refractivity contribution in [2.24, 2.45) is 0 Å². The maximum Gasteiger partial charge on any atom is 0.275 e. The lowest BCUT2D eigenvalue weighted by Crippen LogP contribution is -2.26. The van der Waals surface area contributed by atoms with Gasteiger partial charge in [0.2, 0.25) is 0 Å². The van der Waals surface area contributed by atoms with Crippen molar-refractivity contribution in [2.75, 3.05) is 7.11 Å². The van der Waals surface area contributed by atoms with Crippen LogP contribution < -0.4 is 5.48 Å². The Morgan fingerprint density at radius 2 is 1.87 bits per heavy atom. The Morgan fingerprint density at radius 1 is 1.27 bits per heavy atom. The number of hydroxylamine groups is 1. The standard InChI is InChI=1S/C12H17NO2/c1-12(2,3)10-8-6-5-7-9(10)11(14)13-15-4/h5-8H,1-4H3,(H,13,14). The van der Waals surface area contributed by atoms with Crippen LogP contribution in [0.25, 0.3) is 0 Å². The predicted octanol–water partition coefficient (Wildman–Crippen LogP) is 2.28. The van der Waals surface area contributed by atoms with Crippen LogP contribution in [0.15, 0.2) is 24.3 Å². The van der Waals surface area contributed by atoms with Crippen LogP contribution in [0.4, 0.5) is 0 Å². The summed E-state index contributed by atoms with van der Waals surface area (Å²) in [6.45, 7) is 6.23. The summed E-state index contributed by atoms with van der Waals surface area (Å²) in [5.74, 6) is -0.206. The molecule has 1 aromatic rings. The molecule has 0 saturated carbocycles. The molecule has 3 heteroatoms. The zero-order valence-electron chi connectivity index (χ0n) is 9.63. The highest BCUT2D eigenvalue weighted by Gasteiger charge is 2.20. The van der Waals surface area contributed by atoms with Gasteiger partial charge in [0.05, 0.1) is 7.11 Å². The predicted molar refractivity (Wildman–Crippen MR) is 59.6 cm³/mol. The lowest BCUT2D eigenvalue weighted by atomic mass is 9.83. The van der Waals surface area contributed by atoms with Crippen LogP contribution in [-0.4, -0.2) is 13.0 Å². The fourth-order valence-electron chi connectivity index (χ4n) is 1.48. The molecule has 0 atom stereocenters. The Labute approximate surface area is 90.4 Å². The van der Waals surface area contributed by atoms with E-state index in [0.29, 0.717) is 5.56 Å². The quantitative estimate of drug-likeness (QED) is 0.755. The van der Waals surface area contributed by atoms with Crippen LogP contribution in [0.3, 0.4) is 0 Å². The zero-order chi connectivity index (χ0) is 11.5. The minimum absolute atomic E-state index is 0.0539. The number of amides is 1. The van der Waals surface area contributed by atoms with Crippen LogP contribution in [0.2, 0.25) is 0 Å². The molecule has 0 fully saturated rings. The van der Waals surface area contributed by atoms with Gasteiger partial charge < -0.3 is 0 Å². The zero-order valence-corrected chi connectivity index (χ0v) is 9.63. The van der Waals surface area contributed by atoms with E-state index in [-0.39, 0.29) is 11.3 Å². The van der Waals surface area contributed by atoms with Gasteiger partial charge in [-0.05, 0) is 17.0 Å². The molecular formula is C12H17NO2. The minimum Gasteiger partial charge on any atom is -0.277 e. The van der Waals surface area contributed by atoms with E-state index in [2.05, 4.69) is 31.1 Å². The Hall–Kier alpha value is -1.35. The summed E-state index contributed by atoms with van der Waals surface area (Å²) < 4.78 is 0. The summed E-state index contributed by atoms with van der Waals surface area (Å²) in [5, 5.41) is 0. The third-order valence-corrected chi connectivity index (χ3v) is 2.17. The molecule has 0 aromatic heterocycles. The molecule has 0 bridgehead atoms. The van der Waals surface area contributed by atoms with Crippen LogP contribution in [0.1, 0.15) is 36.7 Å². The van der Waals surface area contributed by atoms with Gasteiger partial charge in [0.25, 0.3) is 5.91 Å². The molecule has 1 rings (SSSR count). The maximum atomic E-state index is 11.7. The first kappa shape index (κ1) is 11.7. The van der Waals surface area contributed by atoms with E-state index in [9.17, 15) is 4.79 Å². The molecule has 0 aliphatic rings. The SMILES string of the molecule is CONC(=O)c1ccccc1C(C)(C)C. The third-order valence-electron chi connectivity index (χ3n) is 2.17. The highest BCUT2D eigenvalue weighted by Crippen LogP contribution is 2.25. The summed E-state index contributed by atoms with van der Waals surface area (Å²) >= 11 is 0. The van der Waals surface area contributed by atoms with E-state index >= 15 is 0 Å². The molecular weight excluding hydrogens is 190 g/mol. The number of hydrogen-bond donors (Lipinski definition) is 1. The van der Waals surface area contributed by atoms with Gasteiger partial charge in [-0.3, -0.25) is 9.63 Å². The Bertz CT molecular complexity index is 353. The highest BCUT2D eigenvalue weighted by molar-refractivity contribution is 5.95. The van der Waals surface area contributed by atoms with Crippen LogP contribution in [0.5, 0.6) is 0 Å². The minimum atomic E-state index is -0.206. The van der Waals surface area contributed by atoms with Crippen molar-refractivity contribution in [3.05, 3.63) is 35.4 Å². The molecule has 0 radical (unpaired) electrons. The molecule has 1 aromatic carbocycles. The van der Waals surface area contributed by atoms with Crippen molar-refractivity contribution >= 4 is 5.91 Å². The van der Waals surface area contributed by atoms with E-state index in [1.807, 2.05) is 18.2 Å². The molecule has 3 nitrogen and oxygen atoms in total. The summed E-state index contributed by atoms with van der Waals surface area (Å²) in [6, 6.07) is 7.55. The van der Waals surface area contributed by atoms with Crippen LogP contribution >= 0.6 is 0 Å². The molecule has 0 spiro atoms. The number of nitrogens with one attached hydrogen (secondary N) is 1. The molecule has 1 N–H and O–H groups in total. The van der Waals surface area contributed by atoms with E-state index in [1.54, 1.807) is 6.07 Å². The van der Waals surface area contributed by atoms with E-state index in [0.717, 1.165) is 5.56 Å². The second-order valence-corrected chi connectivity index (χ2v) is 4.43. The van der Waals surface area contributed by atoms with Crippen molar-refractivity contribution < 1.29 is 9.63 Å². The number of benzene rings is 1. The lowest BCUT2D eigenvalue weighted by molar-refractivity contribution is 0.0535. The largest absolute Gasteiger partial charge is 0.277 e. The first-order valence-corrected chi connectivity index (χ1v) is 4.89. The van der Waals surface area contributed by atoms with Gasteiger partial charge >= 0.3 is 0 Å². The molecule has 0 saturated heterocycles. The van der Waals surface area contributed by atoms with Gasteiger partial charge in [-0.15, -0.1) is 0 Å². The Morgan fingerprint density at radius 3 is 2.40 bits per heavy atom. The molecule has 0 aliphatic heterocycles. The second kappa shape index (κ2) is 4.45. The fourth-order valence-corrected chi connectivity index (χ4v) is 1.48. The van der Waals surface area contributed by atoms with Crippen molar-refractivity contribution in [3.63, 3.8) is 0 Å². The van der Waals surface area contributed by atoms with Gasteiger partial charge in [-0.25, -0.2) is 5.48 Å². The summed E-state index contributed by atoms with van der Waals surface area (Å²) in [6.07, 6.45) is 0. The normalized spacial score (nSPS) is 11.2. The van der Waals surface area contributed by atoms with Gasteiger partial charge in [0.1, 0.15) is 0 Å². The number of hydrogen-bond acceptors (Lipinski definition) is 2. The average Bonchev–Trinajstić information content (AvgIpc) is 2.17. The molecule has 0 heterocycles. The Kier molecular flexibility index (Phi) is 3.48. The number of carbonyl (C=O) groups excluding carboxylic acids is 1. The molecule has 0 unspecified atom stereocenters. The van der Waals surface area contributed by atoms with E-state index in [4.69, 9.17) is 0 Å². The van der Waals surface area contributed by atoms with Gasteiger partial charge in [0.15, 0.2) is 0 Å². The van der Waals surface area contributed by atoms with Crippen molar-refractivity contribution in [2.45, 2.75) is 26.2 Å². The van der Waals surface area contributed by atoms with Crippen LogP contribution in [0, 0.1) is 0 Å². The summed E-state index contributed by atoms with van der Waals surface area (Å²) in [4.78, 5) is 16.3. The average molecular weight is 207 g/mol. The second-order valence-electron chi connectivity index (χ2n) is 4.43. The summed E-state index contributed by atoms with van der Waals surface area (Å²) in [7, 11) is 1.43. The Balaban J connectivity index is 3.12. The highest BCUT2D eigenvalue weighted by atomic mass is 16.6. The third kappa shape index (κ3) is 2.80. The molecule has 82 valence electrons. The van der Waals surface area contributed by atoms with Crippen molar-refractivity contribution in [1.82, 2.24) is 5.48 Å². The number of carbonyl (C=O) groups is 1. The van der Waals surface area contributed by atoms with Gasteiger partial charge in [0, 0.05) is 5.56 Å². The van der Waals surface area contributed by atoms with Gasteiger partial charge in [-0.1, -0.05) is 39.0 Å². The lowest BCUT2D eigenvalue weighted by Gasteiger charge is -2.22. The van der Waals surface area contributed by atoms with Gasteiger partial charge in [-0.2, -0.15) is 0 Å². The first-order valence-electron chi connectivity index (χ1n) is 4.89. The molecule has 1 amide bonds. The van der Waals surface area contributed by atoms with Crippen molar-refractivity contribution in [1.29, 1.82) is 0 Å². The van der Waals surface area contributed by atoms with E-state index < -0.39 is 0 Å². The smallest absolute Gasteiger partial charge is 0.275 e. The first-order chi connectivity index (χ1) is 6.96. The molecule has 0 aliphatic carbocycles. The fraction of sp³-hybridized carbons (Fsp3) is 0.417. The molecule has 15 heavy (non-hydrogen) atoms. The maximum absolute atomic E-state index is 11.7. The topological polar surface area (TPSA) is 38.3 Å². The van der Waals surface area contributed by atoms with Crippen LogP contribution in [-0.2, 0) is 10.3 Å².